The number of amidine groups is 1. The van der Waals surface area contributed by atoms with Gasteiger partial charge >= 0.3 is 0 Å². The van der Waals surface area contributed by atoms with Crippen molar-refractivity contribution in [2.24, 2.45) is 10.7 Å². The summed E-state index contributed by atoms with van der Waals surface area (Å²) in [6, 6.07) is 12.7. The Hall–Kier alpha value is -2.11. The number of thiazole rings is 1. The molecule has 0 aliphatic heterocycles. The van der Waals surface area contributed by atoms with Crippen molar-refractivity contribution in [3.05, 3.63) is 42.5 Å². The first-order valence-corrected chi connectivity index (χ1v) is 7.60. The average molecular weight is 318 g/mol. The number of phenolic OH excluding ortho intramolecular Hbond substituents is 1. The molecule has 0 saturated carbocycles. The molecule has 4 nitrogen and oxygen atoms in total. The number of phenols is 1. The lowest BCUT2D eigenvalue weighted by molar-refractivity contribution is 0.475. The van der Waals surface area contributed by atoms with Crippen molar-refractivity contribution in [1.29, 1.82) is 0 Å². The van der Waals surface area contributed by atoms with E-state index in [0.717, 1.165) is 26.5 Å². The topological polar surface area (TPSA) is 71.5 Å². The zero-order valence-corrected chi connectivity index (χ0v) is 12.5. The molecule has 0 unspecified atom stereocenters. The third kappa shape index (κ3) is 2.99. The number of benzene rings is 2. The molecule has 3 N–H and O–H groups in total. The Kier molecular flexibility index (Phi) is 3.77. The molecule has 0 fully saturated rings. The number of hydrogen-bond acceptors (Lipinski definition) is 4. The first-order valence-electron chi connectivity index (χ1n) is 6.25. The molecule has 0 spiro atoms. The summed E-state index contributed by atoms with van der Waals surface area (Å²) in [7, 11) is 0. The number of aromatic nitrogens is 1. The quantitative estimate of drug-likeness (QED) is 0.437. The highest BCUT2D eigenvalue weighted by atomic mass is 35.5. The molecule has 3 rings (SSSR count). The van der Waals surface area contributed by atoms with Gasteiger partial charge in [0.1, 0.15) is 16.6 Å². The molecule has 0 aliphatic carbocycles. The molecular formula is C15H12ClN3OS. The Morgan fingerprint density at radius 3 is 2.90 bits per heavy atom. The Morgan fingerprint density at radius 1 is 1.29 bits per heavy atom. The van der Waals surface area contributed by atoms with Gasteiger partial charge in [-0.1, -0.05) is 12.1 Å². The molecule has 106 valence electrons. The minimum Gasteiger partial charge on any atom is -0.508 e. The van der Waals surface area contributed by atoms with Crippen molar-refractivity contribution in [2.75, 3.05) is 5.88 Å². The van der Waals surface area contributed by atoms with Gasteiger partial charge in [-0.3, -0.25) is 0 Å². The van der Waals surface area contributed by atoms with Gasteiger partial charge in [-0.25, -0.2) is 9.98 Å². The molecule has 0 radical (unpaired) electrons. The van der Waals surface area contributed by atoms with Crippen molar-refractivity contribution >= 4 is 44.7 Å². The Balaban J connectivity index is 2.04. The van der Waals surface area contributed by atoms with Gasteiger partial charge in [-0.05, 0) is 30.3 Å². The van der Waals surface area contributed by atoms with Gasteiger partial charge in [0.25, 0.3) is 0 Å². The third-order valence-corrected chi connectivity index (χ3v) is 4.22. The van der Waals surface area contributed by atoms with E-state index in [2.05, 4.69) is 9.98 Å². The van der Waals surface area contributed by atoms with Gasteiger partial charge in [0.15, 0.2) is 0 Å². The van der Waals surface area contributed by atoms with E-state index in [0.29, 0.717) is 5.84 Å². The predicted octanol–water partition coefficient (Wildman–Crippen LogP) is 3.90. The van der Waals surface area contributed by atoms with Crippen LogP contribution in [0.3, 0.4) is 0 Å². The summed E-state index contributed by atoms with van der Waals surface area (Å²) in [5.74, 6) is 0.815. The van der Waals surface area contributed by atoms with Crippen LogP contribution >= 0.6 is 22.9 Å². The van der Waals surface area contributed by atoms with E-state index in [1.807, 2.05) is 24.3 Å². The van der Waals surface area contributed by atoms with Crippen LogP contribution in [0.1, 0.15) is 0 Å². The van der Waals surface area contributed by atoms with Crippen LogP contribution in [0.2, 0.25) is 0 Å². The smallest absolute Gasteiger partial charge is 0.124 e. The maximum Gasteiger partial charge on any atom is 0.124 e. The van der Waals surface area contributed by atoms with Gasteiger partial charge in [0.2, 0.25) is 0 Å². The molecule has 21 heavy (non-hydrogen) atoms. The fourth-order valence-corrected chi connectivity index (χ4v) is 3.00. The monoisotopic (exact) mass is 317 g/mol. The van der Waals surface area contributed by atoms with Crippen molar-refractivity contribution < 1.29 is 5.11 Å². The van der Waals surface area contributed by atoms with Crippen molar-refractivity contribution in [1.82, 2.24) is 4.98 Å². The van der Waals surface area contributed by atoms with Crippen LogP contribution < -0.4 is 5.73 Å². The van der Waals surface area contributed by atoms with Crippen molar-refractivity contribution in [2.45, 2.75) is 0 Å². The van der Waals surface area contributed by atoms with E-state index in [-0.39, 0.29) is 11.6 Å². The van der Waals surface area contributed by atoms with E-state index in [4.69, 9.17) is 17.3 Å². The number of nitrogens with zero attached hydrogens (tertiary/aromatic N) is 2. The lowest BCUT2D eigenvalue weighted by Gasteiger charge is -1.95. The SMILES string of the molecule is NC(CCl)=Nc1ccc2nc(-c3cccc(O)c3)sc2c1. The molecule has 2 aromatic carbocycles. The van der Waals surface area contributed by atoms with Crippen LogP contribution in [0, 0.1) is 0 Å². The van der Waals surface area contributed by atoms with Crippen LogP contribution in [0.15, 0.2) is 47.5 Å². The summed E-state index contributed by atoms with van der Waals surface area (Å²) >= 11 is 7.17. The van der Waals surface area contributed by atoms with Gasteiger partial charge in [0.05, 0.1) is 21.8 Å². The van der Waals surface area contributed by atoms with Gasteiger partial charge in [-0.2, -0.15) is 0 Å². The molecule has 3 aromatic rings. The second kappa shape index (κ2) is 5.71. The number of hydrogen-bond donors (Lipinski definition) is 2. The summed E-state index contributed by atoms with van der Waals surface area (Å²) in [6.45, 7) is 0. The van der Waals surface area contributed by atoms with Crippen LogP contribution in [0.5, 0.6) is 5.75 Å². The molecule has 1 aromatic heterocycles. The normalized spacial score (nSPS) is 12.0. The number of rotatable bonds is 3. The summed E-state index contributed by atoms with van der Waals surface area (Å²) in [6.07, 6.45) is 0. The maximum atomic E-state index is 9.55. The summed E-state index contributed by atoms with van der Waals surface area (Å²) < 4.78 is 1.01. The molecule has 0 amide bonds. The zero-order chi connectivity index (χ0) is 14.8. The first kappa shape index (κ1) is 13.9. The predicted molar refractivity (Wildman–Crippen MR) is 88.7 cm³/mol. The molecule has 0 bridgehead atoms. The molecule has 0 aliphatic rings. The molecular weight excluding hydrogens is 306 g/mol. The second-order valence-electron chi connectivity index (χ2n) is 4.46. The lowest BCUT2D eigenvalue weighted by atomic mass is 10.2. The Labute approximate surface area is 130 Å². The van der Waals surface area contributed by atoms with Crippen LogP contribution in [0.4, 0.5) is 5.69 Å². The largest absolute Gasteiger partial charge is 0.508 e. The zero-order valence-electron chi connectivity index (χ0n) is 11.0. The fourth-order valence-electron chi connectivity index (χ4n) is 1.94. The van der Waals surface area contributed by atoms with E-state index in [1.54, 1.807) is 29.5 Å². The number of nitrogens with two attached hydrogens (primary N) is 1. The number of fused-ring (bicyclic) bond motifs is 1. The van der Waals surface area contributed by atoms with E-state index in [9.17, 15) is 5.11 Å². The fraction of sp³-hybridized carbons (Fsp3) is 0.0667. The Morgan fingerprint density at radius 2 is 2.14 bits per heavy atom. The highest BCUT2D eigenvalue weighted by Crippen LogP contribution is 2.33. The van der Waals surface area contributed by atoms with Crippen molar-refractivity contribution in [3.8, 4) is 16.3 Å². The molecule has 6 heteroatoms. The van der Waals surface area contributed by atoms with Gasteiger partial charge < -0.3 is 10.8 Å². The summed E-state index contributed by atoms with van der Waals surface area (Å²) in [4.78, 5) is 8.79. The summed E-state index contributed by atoms with van der Waals surface area (Å²) in [5, 5.41) is 10.4. The number of alkyl halides is 1. The standard InChI is InChI=1S/C15H12ClN3OS/c16-8-14(17)18-10-4-5-12-13(7-10)21-15(19-12)9-2-1-3-11(20)6-9/h1-7,20H,8H2,(H2,17,18). The highest BCUT2D eigenvalue weighted by Gasteiger charge is 2.07. The minimum atomic E-state index is 0.204. The van der Waals surface area contributed by atoms with Crippen molar-refractivity contribution in [3.63, 3.8) is 0 Å². The third-order valence-electron chi connectivity index (χ3n) is 2.87. The van der Waals surface area contributed by atoms with Crippen LogP contribution in [-0.2, 0) is 0 Å². The van der Waals surface area contributed by atoms with E-state index >= 15 is 0 Å². The molecule has 0 saturated heterocycles. The highest BCUT2D eigenvalue weighted by molar-refractivity contribution is 7.21. The van der Waals surface area contributed by atoms with Crippen LogP contribution in [0.25, 0.3) is 20.8 Å². The van der Waals surface area contributed by atoms with Crippen LogP contribution in [-0.4, -0.2) is 21.8 Å². The minimum absolute atomic E-state index is 0.204. The van der Waals surface area contributed by atoms with E-state index in [1.165, 1.54) is 0 Å². The summed E-state index contributed by atoms with van der Waals surface area (Å²) in [5.41, 5.74) is 8.18. The molecule has 0 atom stereocenters. The van der Waals surface area contributed by atoms with Gasteiger partial charge in [-0.15, -0.1) is 22.9 Å². The lowest BCUT2D eigenvalue weighted by Crippen LogP contribution is -2.12. The maximum absolute atomic E-state index is 9.55. The van der Waals surface area contributed by atoms with Gasteiger partial charge in [0, 0.05) is 5.56 Å². The average Bonchev–Trinajstić information content (AvgIpc) is 2.90. The first-order chi connectivity index (χ1) is 10.2. The second-order valence-corrected chi connectivity index (χ2v) is 5.76. The number of aliphatic imine (C=N–C) groups is 1. The number of halogens is 1. The Bertz CT molecular complexity index is 829. The molecule has 1 heterocycles. The van der Waals surface area contributed by atoms with E-state index < -0.39 is 0 Å². The number of aromatic hydroxyl groups is 1.